The summed E-state index contributed by atoms with van der Waals surface area (Å²) in [4.78, 5) is 24.0. The Morgan fingerprint density at radius 3 is 2.74 bits per heavy atom. The number of aromatic nitrogens is 4. The second kappa shape index (κ2) is 7.88. The number of halogens is 1. The zero-order chi connectivity index (χ0) is 19.4. The molecule has 0 bridgehead atoms. The molecule has 3 rings (SSSR count). The molecule has 0 fully saturated rings. The number of nitrogens with one attached hydrogen (secondary N) is 2. The number of pyridine rings is 1. The van der Waals surface area contributed by atoms with E-state index in [1.165, 1.54) is 12.3 Å². The summed E-state index contributed by atoms with van der Waals surface area (Å²) < 4.78 is 1.66. The molecule has 10 heteroatoms. The van der Waals surface area contributed by atoms with Gasteiger partial charge in [0.15, 0.2) is 5.69 Å². The first-order valence-electron chi connectivity index (χ1n) is 8.18. The number of rotatable bonds is 7. The van der Waals surface area contributed by atoms with Crippen molar-refractivity contribution in [2.24, 2.45) is 0 Å². The molecule has 0 saturated carbocycles. The van der Waals surface area contributed by atoms with E-state index in [0.29, 0.717) is 48.2 Å². The fourth-order valence-electron chi connectivity index (χ4n) is 2.64. The topological polar surface area (TPSA) is 128 Å². The van der Waals surface area contributed by atoms with Gasteiger partial charge in [-0.1, -0.05) is 18.5 Å². The van der Waals surface area contributed by atoms with Gasteiger partial charge in [0, 0.05) is 25.4 Å². The van der Waals surface area contributed by atoms with Crippen molar-refractivity contribution in [2.45, 2.75) is 13.3 Å². The van der Waals surface area contributed by atoms with Gasteiger partial charge in [-0.05, 0) is 18.6 Å². The van der Waals surface area contributed by atoms with Crippen molar-refractivity contribution in [2.75, 3.05) is 23.7 Å². The number of carboxylic acid groups (broad SMARTS) is 1. The van der Waals surface area contributed by atoms with Gasteiger partial charge in [-0.3, -0.25) is 4.40 Å². The highest BCUT2D eigenvalue weighted by molar-refractivity contribution is 6.29. The maximum Gasteiger partial charge on any atom is 0.356 e. The maximum atomic E-state index is 11.4. The van der Waals surface area contributed by atoms with Gasteiger partial charge >= 0.3 is 5.97 Å². The molecule has 0 amide bonds. The molecular formula is C17H16ClN7O2. The lowest BCUT2D eigenvalue weighted by Crippen LogP contribution is -2.17. The summed E-state index contributed by atoms with van der Waals surface area (Å²) in [5.74, 6) is -0.0276. The maximum absolute atomic E-state index is 11.4. The summed E-state index contributed by atoms with van der Waals surface area (Å²) in [6.45, 7) is 2.86. The van der Waals surface area contributed by atoms with Crippen LogP contribution in [0.3, 0.4) is 0 Å². The Morgan fingerprint density at radius 1 is 1.33 bits per heavy atom. The molecule has 0 saturated heterocycles. The number of aryl methyl sites for hydroxylation is 1. The SMILES string of the molecule is CCc1c(C(=O)O)nc2cc(Cl)nc(NCCNc3ccc(C#N)cn3)n12. The van der Waals surface area contributed by atoms with Gasteiger partial charge in [0.05, 0.1) is 11.3 Å². The largest absolute Gasteiger partial charge is 0.476 e. The van der Waals surface area contributed by atoms with Crippen LogP contribution in [0, 0.1) is 11.3 Å². The Hall–Kier alpha value is -3.38. The second-order valence-corrected chi connectivity index (χ2v) is 5.95. The zero-order valence-corrected chi connectivity index (χ0v) is 15.2. The Balaban J connectivity index is 1.75. The number of hydrogen-bond donors (Lipinski definition) is 3. The predicted octanol–water partition coefficient (Wildman–Crippen LogP) is 2.43. The molecule has 3 aromatic rings. The molecule has 3 aromatic heterocycles. The smallest absolute Gasteiger partial charge is 0.356 e. The highest BCUT2D eigenvalue weighted by atomic mass is 35.5. The number of anilines is 2. The molecular weight excluding hydrogens is 370 g/mol. The summed E-state index contributed by atoms with van der Waals surface area (Å²) in [5, 5.41) is 24.6. The molecule has 0 aliphatic rings. The van der Waals surface area contributed by atoms with Gasteiger partial charge in [0.2, 0.25) is 5.95 Å². The highest BCUT2D eigenvalue weighted by Crippen LogP contribution is 2.21. The van der Waals surface area contributed by atoms with Gasteiger partial charge < -0.3 is 15.7 Å². The van der Waals surface area contributed by atoms with Crippen molar-refractivity contribution in [1.29, 1.82) is 5.26 Å². The summed E-state index contributed by atoms with van der Waals surface area (Å²) in [6, 6.07) is 6.94. The molecule has 27 heavy (non-hydrogen) atoms. The van der Waals surface area contributed by atoms with Gasteiger partial charge in [-0.2, -0.15) is 5.26 Å². The summed E-state index contributed by atoms with van der Waals surface area (Å²) in [5.41, 5.74) is 1.45. The number of fused-ring (bicyclic) bond motifs is 1. The van der Waals surface area contributed by atoms with Crippen molar-refractivity contribution in [3.8, 4) is 6.07 Å². The van der Waals surface area contributed by atoms with Crippen LogP contribution in [0.1, 0.15) is 28.7 Å². The molecule has 0 aromatic carbocycles. The first-order chi connectivity index (χ1) is 13.0. The molecule has 3 N–H and O–H groups in total. The highest BCUT2D eigenvalue weighted by Gasteiger charge is 2.20. The van der Waals surface area contributed by atoms with E-state index >= 15 is 0 Å². The third-order valence-corrected chi connectivity index (χ3v) is 4.01. The van der Waals surface area contributed by atoms with Crippen LogP contribution in [0.4, 0.5) is 11.8 Å². The minimum absolute atomic E-state index is 0.00970. The van der Waals surface area contributed by atoms with E-state index in [-0.39, 0.29) is 10.8 Å². The van der Waals surface area contributed by atoms with Crippen LogP contribution in [0.5, 0.6) is 0 Å². The normalized spacial score (nSPS) is 10.6. The van der Waals surface area contributed by atoms with Gasteiger partial charge in [-0.25, -0.2) is 19.7 Å². The minimum atomic E-state index is -1.09. The first kappa shape index (κ1) is 18.4. The number of imidazole rings is 1. The number of carbonyl (C=O) groups is 1. The van der Waals surface area contributed by atoms with Crippen molar-refractivity contribution in [3.63, 3.8) is 0 Å². The molecule has 0 aliphatic carbocycles. The lowest BCUT2D eigenvalue weighted by Gasteiger charge is -2.11. The van der Waals surface area contributed by atoms with Crippen molar-refractivity contribution >= 4 is 35.0 Å². The van der Waals surface area contributed by atoms with Crippen LogP contribution in [-0.2, 0) is 6.42 Å². The van der Waals surface area contributed by atoms with E-state index in [1.807, 2.05) is 13.0 Å². The van der Waals surface area contributed by atoms with Crippen molar-refractivity contribution in [1.82, 2.24) is 19.4 Å². The quantitative estimate of drug-likeness (QED) is 0.418. The lowest BCUT2D eigenvalue weighted by atomic mass is 10.2. The average molecular weight is 386 g/mol. The molecule has 3 heterocycles. The van der Waals surface area contributed by atoms with E-state index < -0.39 is 5.97 Å². The molecule has 0 atom stereocenters. The van der Waals surface area contributed by atoms with E-state index in [4.69, 9.17) is 16.9 Å². The lowest BCUT2D eigenvalue weighted by molar-refractivity contribution is 0.0690. The van der Waals surface area contributed by atoms with Crippen LogP contribution >= 0.6 is 11.6 Å². The minimum Gasteiger partial charge on any atom is -0.476 e. The Kier molecular flexibility index (Phi) is 5.38. The standard InChI is InChI=1S/C17H16ClN7O2/c1-2-11-15(16(26)27)24-14-7-12(18)23-17(25(11)14)21-6-5-20-13-4-3-10(8-19)9-22-13/h3-4,7,9H,2,5-6H2,1H3,(H,20,22)(H,21,23)(H,26,27). The first-order valence-corrected chi connectivity index (χ1v) is 8.56. The van der Waals surface area contributed by atoms with E-state index in [0.717, 1.165) is 0 Å². The fourth-order valence-corrected chi connectivity index (χ4v) is 2.82. The molecule has 0 unspecified atom stereocenters. The molecule has 9 nitrogen and oxygen atoms in total. The third kappa shape index (κ3) is 3.91. The van der Waals surface area contributed by atoms with Gasteiger partial charge in [-0.15, -0.1) is 0 Å². The molecule has 138 valence electrons. The van der Waals surface area contributed by atoms with Gasteiger partial charge in [0.1, 0.15) is 22.7 Å². The fraction of sp³-hybridized carbons (Fsp3) is 0.235. The summed E-state index contributed by atoms with van der Waals surface area (Å²) in [6.07, 6.45) is 1.97. The van der Waals surface area contributed by atoms with Gasteiger partial charge in [0.25, 0.3) is 0 Å². The Labute approximate surface area is 159 Å². The number of aromatic carboxylic acids is 1. The van der Waals surface area contributed by atoms with E-state index in [9.17, 15) is 9.90 Å². The summed E-state index contributed by atoms with van der Waals surface area (Å²) >= 11 is 6.04. The molecule has 0 radical (unpaired) electrons. The monoisotopic (exact) mass is 385 g/mol. The second-order valence-electron chi connectivity index (χ2n) is 5.56. The van der Waals surface area contributed by atoms with Crippen molar-refractivity contribution < 1.29 is 9.90 Å². The van der Waals surface area contributed by atoms with Crippen LogP contribution in [-0.4, -0.2) is 43.5 Å². The Morgan fingerprint density at radius 2 is 2.11 bits per heavy atom. The van der Waals surface area contributed by atoms with Crippen LogP contribution in [0.2, 0.25) is 5.15 Å². The van der Waals surface area contributed by atoms with E-state index in [1.54, 1.807) is 16.5 Å². The third-order valence-electron chi connectivity index (χ3n) is 3.82. The average Bonchev–Trinajstić information content (AvgIpc) is 3.04. The number of nitriles is 1. The number of hydrogen-bond acceptors (Lipinski definition) is 7. The molecule has 0 aliphatic heterocycles. The summed E-state index contributed by atoms with van der Waals surface area (Å²) in [7, 11) is 0. The Bertz CT molecular complexity index is 1020. The van der Waals surface area contributed by atoms with Crippen LogP contribution < -0.4 is 10.6 Å². The number of carboxylic acids is 1. The van der Waals surface area contributed by atoms with Crippen molar-refractivity contribution in [3.05, 3.63) is 46.5 Å². The molecule has 0 spiro atoms. The zero-order valence-electron chi connectivity index (χ0n) is 14.4. The van der Waals surface area contributed by atoms with Crippen LogP contribution in [0.25, 0.3) is 5.65 Å². The van der Waals surface area contributed by atoms with E-state index in [2.05, 4.69) is 25.6 Å². The van der Waals surface area contributed by atoms with Crippen LogP contribution in [0.15, 0.2) is 24.4 Å². The predicted molar refractivity (Wildman–Crippen MR) is 100 cm³/mol. The number of nitrogens with zero attached hydrogens (tertiary/aromatic N) is 5.